The first-order valence-corrected chi connectivity index (χ1v) is 8.98. The number of rotatable bonds is 3. The number of aliphatic imine (C=N–C) groups is 1. The van der Waals surface area contributed by atoms with E-state index < -0.39 is 0 Å². The van der Waals surface area contributed by atoms with Gasteiger partial charge in [-0.25, -0.2) is 4.99 Å². The smallest absolute Gasteiger partial charge is 0.263 e. The third kappa shape index (κ3) is 2.07. The Morgan fingerprint density at radius 2 is 2.25 bits per heavy atom. The molecule has 2 aliphatic heterocycles. The molecule has 4 rings (SSSR count). The SMILES string of the molecule is CC1(C2CCNC2)SC(C[C@H]2C[C@@H]3CC[C@H]2C3)=NC1=O. The molecule has 0 aromatic carbocycles. The molecule has 1 amide bonds. The Morgan fingerprint density at radius 3 is 2.90 bits per heavy atom. The average molecular weight is 292 g/mol. The molecule has 2 heterocycles. The summed E-state index contributed by atoms with van der Waals surface area (Å²) in [6, 6.07) is 0. The van der Waals surface area contributed by atoms with Gasteiger partial charge < -0.3 is 5.32 Å². The molecule has 110 valence electrons. The van der Waals surface area contributed by atoms with Crippen molar-refractivity contribution in [1.82, 2.24) is 5.32 Å². The molecule has 1 saturated heterocycles. The van der Waals surface area contributed by atoms with E-state index in [9.17, 15) is 4.79 Å². The van der Waals surface area contributed by atoms with Crippen LogP contribution in [0.5, 0.6) is 0 Å². The molecule has 5 atom stereocenters. The monoisotopic (exact) mass is 292 g/mol. The maximum atomic E-state index is 12.4. The number of fused-ring (bicyclic) bond motifs is 2. The zero-order chi connectivity index (χ0) is 13.7. The topological polar surface area (TPSA) is 41.5 Å². The van der Waals surface area contributed by atoms with Gasteiger partial charge in [0.05, 0.1) is 5.04 Å². The van der Waals surface area contributed by atoms with Crippen LogP contribution in [0.15, 0.2) is 4.99 Å². The van der Waals surface area contributed by atoms with Crippen LogP contribution in [0, 0.1) is 23.7 Å². The number of nitrogens with zero attached hydrogens (tertiary/aromatic N) is 1. The highest BCUT2D eigenvalue weighted by Crippen LogP contribution is 2.52. The minimum Gasteiger partial charge on any atom is -0.316 e. The summed E-state index contributed by atoms with van der Waals surface area (Å²) in [5.74, 6) is 3.32. The van der Waals surface area contributed by atoms with Gasteiger partial charge in [0.1, 0.15) is 4.75 Å². The van der Waals surface area contributed by atoms with Crippen LogP contribution < -0.4 is 5.32 Å². The lowest BCUT2D eigenvalue weighted by Gasteiger charge is -2.27. The number of hydrogen-bond acceptors (Lipinski definition) is 3. The third-order valence-electron chi connectivity index (χ3n) is 6.14. The van der Waals surface area contributed by atoms with Crippen molar-refractivity contribution in [2.24, 2.45) is 28.7 Å². The Bertz CT molecular complexity index is 457. The number of carbonyl (C=O) groups is 1. The summed E-state index contributed by atoms with van der Waals surface area (Å²) in [5.41, 5.74) is 0. The minimum atomic E-state index is -0.281. The molecule has 0 aromatic heterocycles. The number of hydrogen-bond donors (Lipinski definition) is 1. The van der Waals surface area contributed by atoms with Gasteiger partial charge in [0.2, 0.25) is 0 Å². The van der Waals surface area contributed by atoms with Crippen molar-refractivity contribution >= 4 is 22.7 Å². The van der Waals surface area contributed by atoms with Crippen LogP contribution in [-0.2, 0) is 4.79 Å². The average Bonchev–Trinajstić information content (AvgIpc) is 3.16. The van der Waals surface area contributed by atoms with Gasteiger partial charge in [0.15, 0.2) is 0 Å². The molecule has 4 heteroatoms. The van der Waals surface area contributed by atoms with Gasteiger partial charge in [0, 0.05) is 0 Å². The number of amides is 1. The first-order chi connectivity index (χ1) is 9.65. The normalized spacial score (nSPS) is 47.2. The highest BCUT2D eigenvalue weighted by molar-refractivity contribution is 8.16. The maximum absolute atomic E-state index is 12.4. The molecular weight excluding hydrogens is 268 g/mol. The van der Waals surface area contributed by atoms with E-state index in [4.69, 9.17) is 0 Å². The van der Waals surface area contributed by atoms with E-state index in [0.29, 0.717) is 5.92 Å². The van der Waals surface area contributed by atoms with E-state index in [0.717, 1.165) is 48.7 Å². The fourth-order valence-electron chi connectivity index (χ4n) is 4.86. The second-order valence-electron chi connectivity index (χ2n) is 7.35. The summed E-state index contributed by atoms with van der Waals surface area (Å²) in [5, 5.41) is 4.53. The highest BCUT2D eigenvalue weighted by atomic mass is 32.2. The summed E-state index contributed by atoms with van der Waals surface area (Å²) in [7, 11) is 0. The summed E-state index contributed by atoms with van der Waals surface area (Å²) < 4.78 is -0.281. The van der Waals surface area contributed by atoms with Crippen molar-refractivity contribution < 1.29 is 4.79 Å². The molecule has 2 bridgehead atoms. The highest BCUT2D eigenvalue weighted by Gasteiger charge is 2.49. The Labute approximate surface area is 125 Å². The minimum absolute atomic E-state index is 0.134. The molecule has 0 radical (unpaired) electrons. The molecule has 3 nitrogen and oxygen atoms in total. The first kappa shape index (κ1) is 13.3. The third-order valence-corrected chi connectivity index (χ3v) is 7.57. The predicted octanol–water partition coefficient (Wildman–Crippen LogP) is 2.85. The molecule has 1 N–H and O–H groups in total. The Morgan fingerprint density at radius 1 is 1.35 bits per heavy atom. The van der Waals surface area contributed by atoms with Gasteiger partial charge in [-0.05, 0) is 75.8 Å². The molecule has 4 aliphatic rings. The van der Waals surface area contributed by atoms with Crippen LogP contribution in [0.3, 0.4) is 0 Å². The summed E-state index contributed by atoms with van der Waals surface area (Å²) >= 11 is 1.79. The molecular formula is C16H24N2OS. The molecule has 0 spiro atoms. The van der Waals surface area contributed by atoms with E-state index >= 15 is 0 Å². The van der Waals surface area contributed by atoms with E-state index in [1.165, 1.54) is 25.7 Å². The summed E-state index contributed by atoms with van der Waals surface area (Å²) in [6.07, 6.45) is 7.90. The maximum Gasteiger partial charge on any atom is 0.263 e. The number of carbonyl (C=O) groups excluding carboxylic acids is 1. The van der Waals surface area contributed by atoms with Crippen molar-refractivity contribution in [3.8, 4) is 0 Å². The van der Waals surface area contributed by atoms with E-state index in [-0.39, 0.29) is 10.7 Å². The fourth-order valence-corrected chi connectivity index (χ4v) is 6.27. The van der Waals surface area contributed by atoms with Crippen LogP contribution in [-0.4, -0.2) is 28.8 Å². The van der Waals surface area contributed by atoms with Crippen molar-refractivity contribution in [3.63, 3.8) is 0 Å². The molecule has 2 aliphatic carbocycles. The van der Waals surface area contributed by atoms with Gasteiger partial charge in [-0.3, -0.25) is 4.79 Å². The van der Waals surface area contributed by atoms with Crippen molar-refractivity contribution in [1.29, 1.82) is 0 Å². The quantitative estimate of drug-likeness (QED) is 0.869. The fraction of sp³-hybridized carbons (Fsp3) is 0.875. The van der Waals surface area contributed by atoms with Gasteiger partial charge in [0.25, 0.3) is 5.91 Å². The standard InChI is InChI=1S/C16H24N2OS/c1-16(13-4-5-17-9-13)15(19)18-14(20-16)8-12-7-10-2-3-11(12)6-10/h10-13,17H,2-9H2,1H3/t10-,11+,12-,13?,16?/m1/s1. The zero-order valence-corrected chi connectivity index (χ0v) is 13.0. The Hall–Kier alpha value is -0.350. The van der Waals surface area contributed by atoms with Crippen molar-refractivity contribution in [2.45, 2.75) is 50.2 Å². The molecule has 2 unspecified atom stereocenters. The van der Waals surface area contributed by atoms with Gasteiger partial charge in [-0.1, -0.05) is 18.2 Å². The van der Waals surface area contributed by atoms with E-state index in [2.05, 4.69) is 17.2 Å². The molecule has 0 aromatic rings. The van der Waals surface area contributed by atoms with Crippen molar-refractivity contribution in [2.75, 3.05) is 13.1 Å². The zero-order valence-electron chi connectivity index (χ0n) is 12.2. The van der Waals surface area contributed by atoms with Crippen LogP contribution in [0.2, 0.25) is 0 Å². The summed E-state index contributed by atoms with van der Waals surface area (Å²) in [4.78, 5) is 16.8. The Kier molecular flexibility index (Phi) is 3.22. The van der Waals surface area contributed by atoms with Crippen LogP contribution in [0.25, 0.3) is 0 Å². The molecule has 20 heavy (non-hydrogen) atoms. The Balaban J connectivity index is 1.43. The van der Waals surface area contributed by atoms with Gasteiger partial charge in [-0.15, -0.1) is 0 Å². The van der Waals surface area contributed by atoms with E-state index in [1.807, 2.05) is 0 Å². The molecule has 3 fully saturated rings. The van der Waals surface area contributed by atoms with Crippen molar-refractivity contribution in [3.05, 3.63) is 0 Å². The second-order valence-corrected chi connectivity index (χ2v) is 8.87. The van der Waals surface area contributed by atoms with Crippen LogP contribution >= 0.6 is 11.8 Å². The number of nitrogens with one attached hydrogen (secondary N) is 1. The van der Waals surface area contributed by atoms with Gasteiger partial charge >= 0.3 is 0 Å². The van der Waals surface area contributed by atoms with Gasteiger partial charge in [-0.2, -0.15) is 0 Å². The lowest BCUT2D eigenvalue weighted by Crippen LogP contribution is -2.37. The lowest BCUT2D eigenvalue weighted by molar-refractivity contribution is -0.120. The number of thioether (sulfide) groups is 1. The lowest BCUT2D eigenvalue weighted by atomic mass is 9.87. The van der Waals surface area contributed by atoms with E-state index in [1.54, 1.807) is 11.8 Å². The predicted molar refractivity (Wildman–Crippen MR) is 83.0 cm³/mol. The summed E-state index contributed by atoms with van der Waals surface area (Å²) in [6.45, 7) is 4.15. The van der Waals surface area contributed by atoms with Crippen LogP contribution in [0.1, 0.15) is 45.4 Å². The van der Waals surface area contributed by atoms with Crippen LogP contribution in [0.4, 0.5) is 0 Å². The second kappa shape index (κ2) is 4.84. The largest absolute Gasteiger partial charge is 0.316 e. The first-order valence-electron chi connectivity index (χ1n) is 8.17. The molecule has 2 saturated carbocycles.